The van der Waals surface area contributed by atoms with Gasteiger partial charge in [-0.25, -0.2) is 27.7 Å². The van der Waals surface area contributed by atoms with Crippen LogP contribution in [0.1, 0.15) is 22.8 Å². The van der Waals surface area contributed by atoms with E-state index in [1.807, 2.05) is 4.90 Å². The van der Waals surface area contributed by atoms with Crippen molar-refractivity contribution >= 4 is 23.1 Å². The fourth-order valence-corrected chi connectivity index (χ4v) is 6.09. The third-order valence-electron chi connectivity index (χ3n) is 8.74. The number of anilines is 1. The summed E-state index contributed by atoms with van der Waals surface area (Å²) in [6, 6.07) is 1.71. The normalized spacial score (nSPS) is 25.7. The third kappa shape index (κ3) is 5.08. The van der Waals surface area contributed by atoms with Crippen LogP contribution in [0.4, 0.5) is 32.2 Å². The number of nitrogens with zero attached hydrogens (tertiary/aromatic N) is 6. The van der Waals surface area contributed by atoms with Crippen molar-refractivity contribution in [3.63, 3.8) is 0 Å². The fraction of sp³-hybridized carbons (Fsp3) is 0.519. The van der Waals surface area contributed by atoms with Gasteiger partial charge in [0, 0.05) is 49.8 Å². The molecule has 3 aliphatic rings. The van der Waals surface area contributed by atoms with Gasteiger partial charge in [-0.1, -0.05) is 0 Å². The Kier molecular flexibility index (Phi) is 7.15. The molecule has 3 fully saturated rings. The lowest BCUT2D eigenvalue weighted by atomic mass is 10.1. The molecule has 18 heteroatoms. The zero-order chi connectivity index (χ0) is 32.6. The van der Waals surface area contributed by atoms with E-state index in [9.17, 15) is 41.0 Å². The minimum absolute atomic E-state index is 0.138. The average Bonchev–Trinajstić information content (AvgIpc) is 3.45. The predicted octanol–water partition coefficient (Wildman–Crippen LogP) is 1.67. The van der Waals surface area contributed by atoms with Crippen molar-refractivity contribution < 1.29 is 45.8 Å². The molecule has 0 radical (unpaired) electrons. The number of hydrogen-bond donors (Lipinski definition) is 3. The van der Waals surface area contributed by atoms with Crippen LogP contribution in [-0.2, 0) is 11.3 Å². The number of carbonyl (C=O) groups is 2. The van der Waals surface area contributed by atoms with Gasteiger partial charge < -0.3 is 25.8 Å². The van der Waals surface area contributed by atoms with Gasteiger partial charge in [0.2, 0.25) is 11.5 Å². The van der Waals surface area contributed by atoms with Crippen molar-refractivity contribution in [3.05, 3.63) is 35.8 Å². The first-order chi connectivity index (χ1) is 21.0. The van der Waals surface area contributed by atoms with Crippen molar-refractivity contribution in [2.45, 2.75) is 43.4 Å². The van der Waals surface area contributed by atoms with E-state index in [1.165, 1.54) is 30.2 Å². The van der Waals surface area contributed by atoms with Crippen LogP contribution in [0, 0.1) is 11.8 Å². The predicted molar refractivity (Wildman–Crippen MR) is 144 cm³/mol. The lowest BCUT2D eigenvalue weighted by Gasteiger charge is -2.29. The van der Waals surface area contributed by atoms with Gasteiger partial charge in [0.15, 0.2) is 5.82 Å². The Labute approximate surface area is 251 Å². The van der Waals surface area contributed by atoms with Gasteiger partial charge in [0.05, 0.1) is 25.4 Å². The number of halogens is 6. The maximum Gasteiger partial charge on any atom is 0.426 e. The zero-order valence-corrected chi connectivity index (χ0v) is 23.9. The number of ether oxygens (including phenoxy) is 1. The molecule has 2 aliphatic heterocycles. The summed E-state index contributed by atoms with van der Waals surface area (Å²) in [6.45, 7) is -0.392. The highest BCUT2D eigenvalue weighted by Crippen LogP contribution is 2.59. The molecule has 3 aromatic rings. The molecule has 0 bridgehead atoms. The summed E-state index contributed by atoms with van der Waals surface area (Å²) in [6.07, 6.45) is -4.62. The average molecular weight is 643 g/mol. The quantitative estimate of drug-likeness (QED) is 0.327. The SMILES string of the molecule is COc1ncc(-c2cc(CN3CC4C(C3)C4(F)F)c3c(N)ncnn23)cc1C(=O)N[C@@H]1CN(C(=O)C(C)(O)C(F)(F)F)C[C@@H]1F. The largest absolute Gasteiger partial charge is 0.480 e. The smallest absolute Gasteiger partial charge is 0.426 e. The Balaban J connectivity index is 1.25. The molecular weight excluding hydrogens is 614 g/mol. The van der Waals surface area contributed by atoms with Crippen LogP contribution in [0.2, 0.25) is 0 Å². The number of hydrogen-bond acceptors (Lipinski definition) is 9. The highest BCUT2D eigenvalue weighted by Gasteiger charge is 2.71. The number of piperidine rings is 1. The highest BCUT2D eigenvalue weighted by molar-refractivity contribution is 5.98. The Morgan fingerprint density at radius 3 is 2.49 bits per heavy atom. The van der Waals surface area contributed by atoms with Gasteiger partial charge in [-0.2, -0.15) is 18.3 Å². The number of nitrogens with two attached hydrogens (primary N) is 1. The van der Waals surface area contributed by atoms with E-state index in [0.717, 1.165) is 0 Å². The maximum absolute atomic E-state index is 14.8. The summed E-state index contributed by atoms with van der Waals surface area (Å²) < 4.78 is 88.5. The number of aromatic nitrogens is 4. The molecule has 1 aliphatic carbocycles. The summed E-state index contributed by atoms with van der Waals surface area (Å²) in [4.78, 5) is 36.3. The number of amides is 2. The van der Waals surface area contributed by atoms with E-state index in [1.54, 1.807) is 6.07 Å². The standard InChI is InChI=1S/C27H28F6N8O4/c1-25(44,27(31,32)33)24(43)40-9-17(28)18(10-40)38-22(42)14-3-12(5-35-23(14)45-2)19-4-13(20-21(34)36-11-37-41(19)20)6-39-7-15-16(8-39)26(15,29)30/h3-5,11,15-18,44H,6-10H2,1-2H3,(H,38,42)(H2,34,36,37)/t15?,16?,17-,18+,25?/m0/s1. The lowest BCUT2D eigenvalue weighted by molar-refractivity contribution is -0.249. The molecule has 2 saturated heterocycles. The topological polar surface area (TPSA) is 151 Å². The number of rotatable bonds is 7. The minimum atomic E-state index is -5.29. The summed E-state index contributed by atoms with van der Waals surface area (Å²) in [7, 11) is 1.24. The minimum Gasteiger partial charge on any atom is -0.480 e. The van der Waals surface area contributed by atoms with E-state index in [-0.39, 0.29) is 43.8 Å². The fourth-order valence-electron chi connectivity index (χ4n) is 6.09. The number of methoxy groups -OCH3 is 1. The van der Waals surface area contributed by atoms with Crippen LogP contribution in [0.15, 0.2) is 24.7 Å². The molecule has 6 rings (SSSR count). The number of likely N-dealkylation sites (tertiary alicyclic amines) is 2. The molecule has 3 aromatic heterocycles. The summed E-state index contributed by atoms with van der Waals surface area (Å²) >= 11 is 0. The number of carbonyl (C=O) groups excluding carboxylic acids is 2. The van der Waals surface area contributed by atoms with E-state index in [2.05, 4.69) is 20.4 Å². The maximum atomic E-state index is 14.8. The molecule has 5 heterocycles. The van der Waals surface area contributed by atoms with E-state index < -0.39 is 66.7 Å². The number of fused-ring (bicyclic) bond motifs is 2. The van der Waals surface area contributed by atoms with Gasteiger partial charge in [-0.15, -0.1) is 0 Å². The molecule has 12 nitrogen and oxygen atoms in total. The molecule has 4 N–H and O–H groups in total. The Hall–Kier alpha value is -4.19. The Morgan fingerprint density at radius 2 is 1.84 bits per heavy atom. The van der Waals surface area contributed by atoms with E-state index in [4.69, 9.17) is 10.5 Å². The van der Waals surface area contributed by atoms with E-state index in [0.29, 0.717) is 27.2 Å². The summed E-state index contributed by atoms with van der Waals surface area (Å²) in [5.41, 5.74) is 4.12. The van der Waals surface area contributed by atoms with Crippen LogP contribution in [0.25, 0.3) is 16.8 Å². The summed E-state index contributed by atoms with van der Waals surface area (Å²) in [5.74, 6) is -6.65. The van der Waals surface area contributed by atoms with Crippen molar-refractivity contribution in [2.75, 3.05) is 39.0 Å². The zero-order valence-electron chi connectivity index (χ0n) is 23.9. The van der Waals surface area contributed by atoms with Gasteiger partial charge in [-0.3, -0.25) is 14.5 Å². The van der Waals surface area contributed by atoms with Crippen molar-refractivity contribution in [3.8, 4) is 17.1 Å². The van der Waals surface area contributed by atoms with Crippen LogP contribution >= 0.6 is 0 Å². The Bertz CT molecular complexity index is 1670. The van der Waals surface area contributed by atoms with Gasteiger partial charge in [-0.05, 0) is 24.6 Å². The highest BCUT2D eigenvalue weighted by atomic mass is 19.4. The van der Waals surface area contributed by atoms with Gasteiger partial charge in [0.25, 0.3) is 17.7 Å². The molecular formula is C27H28F6N8O4. The number of nitrogens with one attached hydrogen (secondary N) is 1. The molecule has 3 unspecified atom stereocenters. The van der Waals surface area contributed by atoms with Crippen LogP contribution in [-0.4, -0.2) is 110 Å². The second-order valence-electron chi connectivity index (χ2n) is 11.7. The van der Waals surface area contributed by atoms with Crippen molar-refractivity contribution in [1.29, 1.82) is 0 Å². The molecule has 0 spiro atoms. The molecule has 45 heavy (non-hydrogen) atoms. The Morgan fingerprint density at radius 1 is 1.16 bits per heavy atom. The number of nitrogen functional groups attached to an aromatic ring is 1. The second kappa shape index (κ2) is 10.4. The molecule has 2 amide bonds. The van der Waals surface area contributed by atoms with Gasteiger partial charge >= 0.3 is 6.18 Å². The lowest BCUT2D eigenvalue weighted by Crippen LogP contribution is -2.56. The molecule has 242 valence electrons. The first-order valence-electron chi connectivity index (χ1n) is 13.8. The van der Waals surface area contributed by atoms with Crippen LogP contribution in [0.3, 0.4) is 0 Å². The first-order valence-corrected chi connectivity index (χ1v) is 13.8. The monoisotopic (exact) mass is 642 g/mol. The number of aliphatic hydroxyl groups is 1. The van der Waals surface area contributed by atoms with Crippen LogP contribution < -0.4 is 15.8 Å². The number of alkyl halides is 6. The molecule has 5 atom stereocenters. The third-order valence-corrected chi connectivity index (χ3v) is 8.74. The van der Waals surface area contributed by atoms with E-state index >= 15 is 0 Å². The van der Waals surface area contributed by atoms with Crippen molar-refractivity contribution in [2.24, 2.45) is 11.8 Å². The number of pyridine rings is 1. The molecule has 0 aromatic carbocycles. The summed E-state index contributed by atoms with van der Waals surface area (Å²) in [5, 5.41) is 16.4. The molecule has 1 saturated carbocycles. The van der Waals surface area contributed by atoms with Crippen molar-refractivity contribution in [1.82, 2.24) is 34.7 Å². The first kappa shape index (κ1) is 30.8. The second-order valence-corrected chi connectivity index (χ2v) is 11.7. The van der Waals surface area contributed by atoms with Crippen LogP contribution in [0.5, 0.6) is 5.88 Å². The van der Waals surface area contributed by atoms with Gasteiger partial charge in [0.1, 0.15) is 23.6 Å².